The number of amides is 2. The molecule has 0 spiro atoms. The van der Waals surface area contributed by atoms with Crippen LogP contribution in [0.2, 0.25) is 0 Å². The fraction of sp³-hybridized carbons (Fsp3) is 0.632. The van der Waals surface area contributed by atoms with Crippen LogP contribution in [0.1, 0.15) is 66.8 Å². The molecule has 1 atom stereocenters. The summed E-state index contributed by atoms with van der Waals surface area (Å²) in [5.41, 5.74) is 1.68. The first-order valence-electron chi connectivity index (χ1n) is 9.46. The summed E-state index contributed by atoms with van der Waals surface area (Å²) in [6.45, 7) is 4.70. The molecule has 1 unspecified atom stereocenters. The van der Waals surface area contributed by atoms with Crippen molar-refractivity contribution < 1.29 is 9.59 Å². The Morgan fingerprint density at radius 1 is 1.35 bits per heavy atom. The lowest BCUT2D eigenvalue weighted by molar-refractivity contribution is -0.116. The number of nitrogens with zero attached hydrogens (tertiary/aromatic N) is 1. The van der Waals surface area contributed by atoms with Gasteiger partial charge in [-0.05, 0) is 37.7 Å². The molecule has 0 saturated carbocycles. The Labute approximate surface area is 159 Å². The molecule has 0 aromatic carbocycles. The van der Waals surface area contributed by atoms with Crippen LogP contribution in [0.25, 0.3) is 0 Å². The average molecular weight is 379 g/mol. The topological polar surface area (TPSA) is 85.3 Å². The van der Waals surface area contributed by atoms with Crippen LogP contribution in [0.4, 0.5) is 5.00 Å². The lowest BCUT2D eigenvalue weighted by atomic mass is 9.90. The second kappa shape index (κ2) is 9.71. The number of carbonyl (C=O) groups excluding carboxylic acids is 2. The molecule has 3 N–H and O–H groups in total. The molecule has 1 aromatic rings. The molecule has 2 rings (SSSR count). The zero-order chi connectivity index (χ0) is 19.1. The van der Waals surface area contributed by atoms with E-state index in [2.05, 4.69) is 17.6 Å². The summed E-state index contributed by atoms with van der Waals surface area (Å²) in [6.07, 6.45) is 7.11. The van der Waals surface area contributed by atoms with Crippen molar-refractivity contribution in [3.05, 3.63) is 16.0 Å². The minimum Gasteiger partial charge on any atom is -0.363 e. The van der Waals surface area contributed by atoms with Gasteiger partial charge in [0, 0.05) is 30.9 Å². The van der Waals surface area contributed by atoms with Gasteiger partial charge in [-0.3, -0.25) is 15.0 Å². The highest BCUT2D eigenvalue weighted by Gasteiger charge is 2.30. The van der Waals surface area contributed by atoms with Crippen molar-refractivity contribution in [3.63, 3.8) is 0 Å². The van der Waals surface area contributed by atoms with Gasteiger partial charge in [0.15, 0.2) is 0 Å². The fourth-order valence-corrected chi connectivity index (χ4v) is 4.49. The summed E-state index contributed by atoms with van der Waals surface area (Å²) in [6, 6.07) is 0.219. The number of carbonyl (C=O) groups is 2. The second-order valence-corrected chi connectivity index (χ2v) is 7.91. The molecule has 0 fully saturated rings. The molecule has 26 heavy (non-hydrogen) atoms. The van der Waals surface area contributed by atoms with E-state index in [1.54, 1.807) is 0 Å². The zero-order valence-electron chi connectivity index (χ0n) is 16.0. The van der Waals surface area contributed by atoms with E-state index in [0.717, 1.165) is 44.1 Å². The molecular weight excluding hydrogens is 348 g/mol. The minimum atomic E-state index is -0.0964. The van der Waals surface area contributed by atoms with Gasteiger partial charge in [-0.1, -0.05) is 20.3 Å². The van der Waals surface area contributed by atoms with Gasteiger partial charge < -0.3 is 15.5 Å². The van der Waals surface area contributed by atoms with Crippen LogP contribution in [-0.2, 0) is 17.6 Å². The van der Waals surface area contributed by atoms with E-state index in [1.165, 1.54) is 22.6 Å². The van der Waals surface area contributed by atoms with Crippen LogP contribution in [0, 0.1) is 5.41 Å². The molecule has 0 aliphatic heterocycles. The van der Waals surface area contributed by atoms with Crippen molar-refractivity contribution >= 4 is 34.5 Å². The van der Waals surface area contributed by atoms with Gasteiger partial charge in [-0.15, -0.1) is 11.3 Å². The summed E-state index contributed by atoms with van der Waals surface area (Å²) in [4.78, 5) is 28.0. The largest absolute Gasteiger partial charge is 0.363 e. The van der Waals surface area contributed by atoms with Crippen LogP contribution >= 0.6 is 11.3 Å². The van der Waals surface area contributed by atoms with E-state index in [0.29, 0.717) is 23.5 Å². The Morgan fingerprint density at radius 3 is 2.77 bits per heavy atom. The van der Waals surface area contributed by atoms with E-state index >= 15 is 0 Å². The highest BCUT2D eigenvalue weighted by molar-refractivity contribution is 7.17. The number of likely N-dealkylation sites (N-methyl/N-ethyl adjacent to an activating group) is 1. The number of nitrogens with one attached hydrogen (secondary N) is 3. The normalized spacial score (nSPS) is 15.9. The summed E-state index contributed by atoms with van der Waals surface area (Å²) < 4.78 is 0. The summed E-state index contributed by atoms with van der Waals surface area (Å²) in [5.74, 6) is -0.136. The molecule has 0 saturated heterocycles. The molecule has 1 aromatic heterocycles. The number of rotatable bonds is 9. The first kappa shape index (κ1) is 20.4. The summed E-state index contributed by atoms with van der Waals surface area (Å²) in [7, 11) is 1.90. The maximum Gasteiger partial charge on any atom is 0.254 e. The minimum absolute atomic E-state index is 0.0399. The molecule has 1 aliphatic rings. The Morgan fingerprint density at radius 2 is 2.12 bits per heavy atom. The van der Waals surface area contributed by atoms with E-state index in [4.69, 9.17) is 5.41 Å². The average Bonchev–Trinajstić information content (AvgIpc) is 2.98. The quantitative estimate of drug-likeness (QED) is 0.350. The lowest BCUT2D eigenvalue weighted by Gasteiger charge is -2.29. The van der Waals surface area contributed by atoms with Crippen molar-refractivity contribution in [2.45, 2.75) is 64.8 Å². The highest BCUT2D eigenvalue weighted by Crippen LogP contribution is 2.39. The van der Waals surface area contributed by atoms with Crippen molar-refractivity contribution in [2.24, 2.45) is 0 Å². The Kier molecular flexibility index (Phi) is 7.63. The van der Waals surface area contributed by atoms with Gasteiger partial charge in [0.2, 0.25) is 5.91 Å². The third-order valence-electron chi connectivity index (χ3n) is 4.79. The Hall–Kier alpha value is -1.89. The maximum absolute atomic E-state index is 12.8. The molecule has 0 bridgehead atoms. The molecule has 1 aliphatic carbocycles. The third kappa shape index (κ3) is 4.84. The molecule has 0 radical (unpaired) electrons. The van der Waals surface area contributed by atoms with Gasteiger partial charge in [0.1, 0.15) is 5.00 Å². The molecule has 2 amide bonds. The van der Waals surface area contributed by atoms with Crippen LogP contribution in [0.3, 0.4) is 0 Å². The number of thiophene rings is 1. The smallest absolute Gasteiger partial charge is 0.254 e. The lowest BCUT2D eigenvalue weighted by Crippen LogP contribution is -2.36. The van der Waals surface area contributed by atoms with Gasteiger partial charge in [0.25, 0.3) is 5.91 Å². The first-order valence-corrected chi connectivity index (χ1v) is 10.3. The molecule has 7 heteroatoms. The number of aryl methyl sites for hydroxylation is 1. The number of unbranched alkanes of at least 4 members (excludes halogenated alkanes) is 1. The van der Waals surface area contributed by atoms with Gasteiger partial charge in [-0.25, -0.2) is 0 Å². The number of hydrogen-bond donors (Lipinski definition) is 3. The summed E-state index contributed by atoms with van der Waals surface area (Å²) in [5, 5.41) is 14.1. The van der Waals surface area contributed by atoms with Crippen molar-refractivity contribution in [3.8, 4) is 0 Å². The van der Waals surface area contributed by atoms with Gasteiger partial charge in [0.05, 0.1) is 11.9 Å². The fourth-order valence-electron chi connectivity index (χ4n) is 3.23. The Balaban J connectivity index is 2.30. The predicted octanol–water partition coefficient (Wildman–Crippen LogP) is 3.41. The van der Waals surface area contributed by atoms with Gasteiger partial charge in [-0.2, -0.15) is 0 Å². The predicted molar refractivity (Wildman–Crippen MR) is 107 cm³/mol. The maximum atomic E-state index is 12.8. The van der Waals surface area contributed by atoms with Crippen LogP contribution in [-0.4, -0.2) is 42.7 Å². The Bertz CT molecular complexity index is 656. The van der Waals surface area contributed by atoms with Crippen molar-refractivity contribution in [1.29, 1.82) is 5.41 Å². The SMILES string of the molecule is CCCCNC(=O)c1c(NC(=O)CCC)sc2c1CC(N(C)C=N)CC2. The molecule has 6 nitrogen and oxygen atoms in total. The van der Waals surface area contributed by atoms with E-state index in [9.17, 15) is 9.59 Å². The van der Waals surface area contributed by atoms with Crippen LogP contribution in [0.15, 0.2) is 0 Å². The first-order chi connectivity index (χ1) is 12.5. The number of hydrogen-bond acceptors (Lipinski definition) is 4. The monoisotopic (exact) mass is 378 g/mol. The molecule has 1 heterocycles. The van der Waals surface area contributed by atoms with Gasteiger partial charge >= 0.3 is 0 Å². The highest BCUT2D eigenvalue weighted by atomic mass is 32.1. The number of anilines is 1. The van der Waals surface area contributed by atoms with E-state index in [1.807, 2.05) is 18.9 Å². The summed E-state index contributed by atoms with van der Waals surface area (Å²) >= 11 is 1.54. The van der Waals surface area contributed by atoms with Crippen LogP contribution < -0.4 is 10.6 Å². The molecule has 144 valence electrons. The molecular formula is C19H30N4O2S. The third-order valence-corrected chi connectivity index (χ3v) is 5.99. The van der Waals surface area contributed by atoms with E-state index in [-0.39, 0.29) is 17.9 Å². The number of fused-ring (bicyclic) bond motifs is 1. The van der Waals surface area contributed by atoms with Crippen molar-refractivity contribution in [2.75, 3.05) is 18.9 Å². The van der Waals surface area contributed by atoms with E-state index < -0.39 is 0 Å². The van der Waals surface area contributed by atoms with Crippen LogP contribution in [0.5, 0.6) is 0 Å². The second-order valence-electron chi connectivity index (χ2n) is 6.81. The van der Waals surface area contributed by atoms with Crippen molar-refractivity contribution in [1.82, 2.24) is 10.2 Å². The standard InChI is InChI=1S/C19H30N4O2S/c1-4-6-10-21-18(25)17-14-11-13(23(3)12-20)8-9-15(14)26-19(17)22-16(24)7-5-2/h12-13,20H,4-11H2,1-3H3,(H,21,25)(H,22,24). The zero-order valence-corrected chi connectivity index (χ0v) is 16.8.